The fraction of sp³-hybridized carbons (Fsp3) is 0.414. The zero-order valence-electron chi connectivity index (χ0n) is 22.0. The Bertz CT molecular complexity index is 1320. The van der Waals surface area contributed by atoms with Crippen LogP contribution in [0.25, 0.3) is 5.76 Å². The Morgan fingerprint density at radius 2 is 1.74 bits per heavy atom. The minimum atomic E-state index is -1.75. The van der Waals surface area contributed by atoms with Crippen LogP contribution in [0.15, 0.2) is 48.0 Å². The SMILES string of the molecule is CCCCN1C(=O)[C@]2(/C(=C(\O)c3ccc4c(c3)OCCO4)C(=O)C(=O)N2CCCN(C)C)c2ccccc21. The van der Waals surface area contributed by atoms with E-state index in [0.29, 0.717) is 55.5 Å². The van der Waals surface area contributed by atoms with E-state index in [2.05, 4.69) is 0 Å². The van der Waals surface area contributed by atoms with Crippen LogP contribution in [-0.2, 0) is 19.9 Å². The summed E-state index contributed by atoms with van der Waals surface area (Å²) in [5.41, 5.74) is -0.497. The number of nitrogens with zero attached hydrogens (tertiary/aromatic N) is 3. The van der Waals surface area contributed by atoms with E-state index in [9.17, 15) is 19.5 Å². The number of unbranched alkanes of at least 4 members (excludes halogenated alkanes) is 1. The first-order chi connectivity index (χ1) is 18.3. The first-order valence-corrected chi connectivity index (χ1v) is 13.1. The summed E-state index contributed by atoms with van der Waals surface area (Å²) in [4.78, 5) is 46.8. The highest BCUT2D eigenvalue weighted by Crippen LogP contribution is 2.54. The molecule has 1 spiro atoms. The van der Waals surface area contributed by atoms with Crippen molar-refractivity contribution >= 4 is 29.0 Å². The van der Waals surface area contributed by atoms with E-state index in [0.717, 1.165) is 12.8 Å². The molecule has 2 aromatic carbocycles. The molecule has 3 aliphatic heterocycles. The summed E-state index contributed by atoms with van der Waals surface area (Å²) in [6, 6.07) is 12.1. The smallest absolute Gasteiger partial charge is 0.296 e. The summed E-state index contributed by atoms with van der Waals surface area (Å²) in [5, 5.41) is 11.7. The fourth-order valence-electron chi connectivity index (χ4n) is 5.58. The number of carbonyl (C=O) groups excluding carboxylic acids is 3. The highest BCUT2D eigenvalue weighted by Gasteiger charge is 2.66. The van der Waals surface area contributed by atoms with Gasteiger partial charge in [-0.1, -0.05) is 31.5 Å². The molecule has 1 atom stereocenters. The van der Waals surface area contributed by atoms with Gasteiger partial charge in [-0.3, -0.25) is 14.4 Å². The standard InChI is InChI=1S/C29H33N3O6/c1-4-5-14-31-21-10-7-6-9-20(21)29(28(31)36)24(26(34)27(35)32(29)15-8-13-30(2)3)25(33)19-11-12-22-23(18-19)38-17-16-37-22/h6-7,9-12,18,33H,4-5,8,13-17H2,1-3H3/b25-24-/t29-/m1/s1. The number of benzene rings is 2. The van der Waals surface area contributed by atoms with Gasteiger partial charge in [-0.2, -0.15) is 0 Å². The van der Waals surface area contributed by atoms with Crippen molar-refractivity contribution < 1.29 is 29.0 Å². The molecule has 5 rings (SSSR count). The molecule has 0 unspecified atom stereocenters. The summed E-state index contributed by atoms with van der Waals surface area (Å²) in [6.07, 6.45) is 2.18. The fourth-order valence-corrected chi connectivity index (χ4v) is 5.58. The zero-order valence-corrected chi connectivity index (χ0v) is 22.0. The van der Waals surface area contributed by atoms with Gasteiger partial charge in [0.05, 0.1) is 11.3 Å². The molecule has 1 N–H and O–H groups in total. The Labute approximate surface area is 222 Å². The third-order valence-corrected chi connectivity index (χ3v) is 7.35. The van der Waals surface area contributed by atoms with Crippen molar-refractivity contribution in [1.82, 2.24) is 9.80 Å². The molecule has 38 heavy (non-hydrogen) atoms. The van der Waals surface area contributed by atoms with Gasteiger partial charge in [0, 0.05) is 24.2 Å². The first-order valence-electron chi connectivity index (χ1n) is 13.1. The lowest BCUT2D eigenvalue weighted by Gasteiger charge is -2.35. The third-order valence-electron chi connectivity index (χ3n) is 7.35. The number of likely N-dealkylation sites (tertiary alicyclic amines) is 1. The van der Waals surface area contributed by atoms with Crippen molar-refractivity contribution in [1.29, 1.82) is 0 Å². The molecule has 9 heteroatoms. The summed E-state index contributed by atoms with van der Waals surface area (Å²) < 4.78 is 11.3. The topological polar surface area (TPSA) is 99.6 Å². The molecule has 0 saturated carbocycles. The van der Waals surface area contributed by atoms with Crippen molar-refractivity contribution in [2.24, 2.45) is 0 Å². The predicted octanol–water partition coefficient (Wildman–Crippen LogP) is 3.13. The number of aliphatic hydroxyl groups is 1. The lowest BCUT2D eigenvalue weighted by atomic mass is 9.81. The molecule has 0 bridgehead atoms. The van der Waals surface area contributed by atoms with Gasteiger partial charge < -0.3 is 29.3 Å². The van der Waals surface area contributed by atoms with Gasteiger partial charge in [0.15, 0.2) is 17.0 Å². The van der Waals surface area contributed by atoms with E-state index >= 15 is 0 Å². The molecule has 200 valence electrons. The molecule has 0 radical (unpaired) electrons. The average molecular weight is 520 g/mol. The summed E-state index contributed by atoms with van der Waals surface area (Å²) in [6.45, 7) is 4.10. The second-order valence-corrected chi connectivity index (χ2v) is 10.1. The molecule has 9 nitrogen and oxygen atoms in total. The number of Topliss-reactive ketones (excluding diaryl/α,β-unsaturated/α-hetero) is 1. The predicted molar refractivity (Wildman–Crippen MR) is 142 cm³/mol. The number of hydrogen-bond donors (Lipinski definition) is 1. The van der Waals surface area contributed by atoms with Gasteiger partial charge in [-0.05, 0) is 57.7 Å². The first kappa shape index (κ1) is 25.8. The van der Waals surface area contributed by atoms with Gasteiger partial charge in [-0.15, -0.1) is 0 Å². The Hall–Kier alpha value is -3.85. The zero-order chi connectivity index (χ0) is 27.0. The number of carbonyl (C=O) groups is 3. The summed E-state index contributed by atoms with van der Waals surface area (Å²) >= 11 is 0. The van der Waals surface area contributed by atoms with Crippen LogP contribution in [0.5, 0.6) is 11.5 Å². The maximum atomic E-state index is 14.4. The number of aliphatic hydroxyl groups excluding tert-OH is 1. The molecule has 0 aromatic heterocycles. The number of ketones is 1. The Balaban J connectivity index is 1.72. The van der Waals surface area contributed by atoms with Crippen molar-refractivity contribution in [3.8, 4) is 11.5 Å². The highest BCUT2D eigenvalue weighted by atomic mass is 16.6. The van der Waals surface area contributed by atoms with E-state index in [4.69, 9.17) is 9.47 Å². The van der Waals surface area contributed by atoms with E-state index in [1.165, 1.54) is 4.90 Å². The second-order valence-electron chi connectivity index (χ2n) is 10.1. The Kier molecular flexibility index (Phi) is 6.88. The van der Waals surface area contributed by atoms with Gasteiger partial charge in [0.25, 0.3) is 17.6 Å². The largest absolute Gasteiger partial charge is 0.507 e. The number of ether oxygens (including phenoxy) is 2. The van der Waals surface area contributed by atoms with Gasteiger partial charge in [0.2, 0.25) is 0 Å². The lowest BCUT2D eigenvalue weighted by Crippen LogP contribution is -2.52. The normalized spacial score (nSPS) is 21.6. The minimum absolute atomic E-state index is 0.183. The maximum absolute atomic E-state index is 14.4. The van der Waals surface area contributed by atoms with Crippen LogP contribution in [0.2, 0.25) is 0 Å². The maximum Gasteiger partial charge on any atom is 0.296 e. The molecule has 3 aliphatic rings. The quantitative estimate of drug-likeness (QED) is 0.325. The van der Waals surface area contributed by atoms with E-state index < -0.39 is 28.9 Å². The van der Waals surface area contributed by atoms with Crippen molar-refractivity contribution in [2.75, 3.05) is 51.8 Å². The van der Waals surface area contributed by atoms with Gasteiger partial charge >= 0.3 is 0 Å². The Morgan fingerprint density at radius 3 is 2.47 bits per heavy atom. The molecule has 2 amide bonds. The van der Waals surface area contributed by atoms with Crippen LogP contribution >= 0.6 is 0 Å². The number of anilines is 1. The van der Waals surface area contributed by atoms with Crippen molar-refractivity contribution in [2.45, 2.75) is 31.7 Å². The number of para-hydroxylation sites is 1. The molecule has 1 fully saturated rings. The van der Waals surface area contributed by atoms with Crippen LogP contribution in [0.3, 0.4) is 0 Å². The third kappa shape index (κ3) is 3.93. The van der Waals surface area contributed by atoms with E-state index in [-0.39, 0.29) is 17.7 Å². The summed E-state index contributed by atoms with van der Waals surface area (Å²) in [5.74, 6) is -1.51. The van der Waals surface area contributed by atoms with Gasteiger partial charge in [-0.25, -0.2) is 0 Å². The van der Waals surface area contributed by atoms with Crippen molar-refractivity contribution in [3.63, 3.8) is 0 Å². The molecule has 3 heterocycles. The van der Waals surface area contributed by atoms with E-state index in [1.807, 2.05) is 38.1 Å². The van der Waals surface area contributed by atoms with Crippen LogP contribution in [-0.4, -0.2) is 79.4 Å². The monoisotopic (exact) mass is 519 g/mol. The van der Waals surface area contributed by atoms with Gasteiger partial charge in [0.1, 0.15) is 19.0 Å². The number of amides is 2. The lowest BCUT2D eigenvalue weighted by molar-refractivity contribution is -0.143. The number of hydrogen-bond acceptors (Lipinski definition) is 7. The molecule has 0 aliphatic carbocycles. The molecule has 2 aromatic rings. The molecular weight excluding hydrogens is 486 g/mol. The average Bonchev–Trinajstić information content (AvgIpc) is 3.29. The van der Waals surface area contributed by atoms with E-state index in [1.54, 1.807) is 35.2 Å². The van der Waals surface area contributed by atoms with Crippen LogP contribution < -0.4 is 14.4 Å². The molecular formula is C29H33N3O6. The number of fused-ring (bicyclic) bond motifs is 3. The highest BCUT2D eigenvalue weighted by molar-refractivity contribution is 6.50. The second kappa shape index (κ2) is 10.1. The van der Waals surface area contributed by atoms with Crippen LogP contribution in [0.4, 0.5) is 5.69 Å². The van der Waals surface area contributed by atoms with Crippen molar-refractivity contribution in [3.05, 3.63) is 59.2 Å². The summed E-state index contributed by atoms with van der Waals surface area (Å²) in [7, 11) is 3.85. The minimum Gasteiger partial charge on any atom is -0.507 e. The Morgan fingerprint density at radius 1 is 1.00 bits per heavy atom. The molecule has 1 saturated heterocycles. The van der Waals surface area contributed by atoms with Crippen LogP contribution in [0.1, 0.15) is 37.3 Å². The number of rotatable bonds is 8. The van der Waals surface area contributed by atoms with Crippen LogP contribution in [0, 0.1) is 0 Å².